The van der Waals surface area contributed by atoms with Gasteiger partial charge < -0.3 is 20.1 Å². The molecule has 2 aromatic rings. The summed E-state index contributed by atoms with van der Waals surface area (Å²) < 4.78 is 4.46. The van der Waals surface area contributed by atoms with Crippen LogP contribution in [0.1, 0.15) is 40.4 Å². The summed E-state index contributed by atoms with van der Waals surface area (Å²) in [5.41, 5.74) is 1.58. The van der Waals surface area contributed by atoms with E-state index in [2.05, 4.69) is 15.0 Å². The van der Waals surface area contributed by atoms with E-state index in [1.165, 1.54) is 13.2 Å². The van der Waals surface area contributed by atoms with Crippen molar-refractivity contribution in [2.75, 3.05) is 26.7 Å². The van der Waals surface area contributed by atoms with E-state index in [0.717, 1.165) is 24.0 Å². The van der Waals surface area contributed by atoms with Gasteiger partial charge in [0.15, 0.2) is 5.69 Å². The zero-order chi connectivity index (χ0) is 22.4. The molecule has 9 heteroatoms. The number of pyridine rings is 1. The number of hydrogen-bond donors (Lipinski definition) is 2. The third-order valence-electron chi connectivity index (χ3n) is 5.31. The van der Waals surface area contributed by atoms with Gasteiger partial charge in [0.1, 0.15) is 12.3 Å². The van der Waals surface area contributed by atoms with Crippen LogP contribution < -0.4 is 5.32 Å². The predicted octanol–water partition coefficient (Wildman–Crippen LogP) is 2.29. The van der Waals surface area contributed by atoms with Gasteiger partial charge in [-0.3, -0.25) is 14.4 Å². The van der Waals surface area contributed by atoms with E-state index in [0.29, 0.717) is 24.5 Å². The van der Waals surface area contributed by atoms with Crippen molar-refractivity contribution >= 4 is 29.4 Å². The Morgan fingerprint density at radius 1 is 1.23 bits per heavy atom. The number of methoxy groups -OCH3 is 1. The number of benzene rings is 1. The second-order valence-corrected chi connectivity index (χ2v) is 7.79. The topological polar surface area (TPSA) is 109 Å². The molecule has 31 heavy (non-hydrogen) atoms. The summed E-state index contributed by atoms with van der Waals surface area (Å²) >= 11 is 5.88. The predicted molar refractivity (Wildman–Crippen MR) is 114 cm³/mol. The van der Waals surface area contributed by atoms with Crippen molar-refractivity contribution in [3.05, 3.63) is 58.4 Å². The number of nitrogens with zero attached hydrogens (tertiary/aromatic N) is 2. The molecule has 0 atom stereocenters. The van der Waals surface area contributed by atoms with E-state index in [1.807, 2.05) is 17.0 Å². The van der Waals surface area contributed by atoms with Gasteiger partial charge in [-0.2, -0.15) is 0 Å². The van der Waals surface area contributed by atoms with E-state index in [-0.39, 0.29) is 29.8 Å². The van der Waals surface area contributed by atoms with Crippen molar-refractivity contribution in [2.24, 2.45) is 0 Å². The van der Waals surface area contributed by atoms with Crippen molar-refractivity contribution < 1.29 is 24.2 Å². The van der Waals surface area contributed by atoms with Gasteiger partial charge in [-0.15, -0.1) is 0 Å². The number of esters is 1. The molecule has 2 N–H and O–H groups in total. The third kappa shape index (κ3) is 5.95. The molecule has 1 saturated heterocycles. The third-order valence-corrected chi connectivity index (χ3v) is 5.56. The summed E-state index contributed by atoms with van der Waals surface area (Å²) in [6.45, 7) is 0.916. The van der Waals surface area contributed by atoms with Crippen LogP contribution in [0, 0.1) is 0 Å². The Labute approximate surface area is 185 Å². The number of piperidine rings is 1. The summed E-state index contributed by atoms with van der Waals surface area (Å²) in [6.07, 6.45) is 3.37. The lowest BCUT2D eigenvalue weighted by molar-refractivity contribution is -0.139. The molecule has 0 aliphatic carbocycles. The summed E-state index contributed by atoms with van der Waals surface area (Å²) in [5, 5.41) is 13.2. The maximum atomic E-state index is 12.6. The Morgan fingerprint density at radius 2 is 1.90 bits per heavy atom. The fraction of sp³-hybridized carbons (Fsp3) is 0.364. The summed E-state index contributed by atoms with van der Waals surface area (Å²) in [4.78, 5) is 41.7. The maximum Gasteiger partial charge on any atom is 0.325 e. The van der Waals surface area contributed by atoms with Crippen LogP contribution in [0.25, 0.3) is 0 Å². The van der Waals surface area contributed by atoms with Gasteiger partial charge in [0.2, 0.25) is 5.91 Å². The number of aromatic hydroxyl groups is 1. The number of carbonyl (C=O) groups is 3. The fourth-order valence-electron chi connectivity index (χ4n) is 3.53. The molecule has 2 amide bonds. The first kappa shape index (κ1) is 22.6. The normalized spacial score (nSPS) is 14.2. The monoisotopic (exact) mass is 445 g/mol. The average Bonchev–Trinajstić information content (AvgIpc) is 2.78. The molecule has 0 radical (unpaired) electrons. The maximum absolute atomic E-state index is 12.6. The molecule has 2 heterocycles. The molecular weight excluding hydrogens is 422 g/mol. The molecule has 0 bridgehead atoms. The zero-order valence-corrected chi connectivity index (χ0v) is 17.9. The zero-order valence-electron chi connectivity index (χ0n) is 17.1. The van der Waals surface area contributed by atoms with Gasteiger partial charge in [0, 0.05) is 24.3 Å². The molecule has 1 aromatic heterocycles. The number of rotatable bonds is 6. The number of carbonyl (C=O) groups excluding carboxylic acids is 3. The van der Waals surface area contributed by atoms with Crippen molar-refractivity contribution in [2.45, 2.75) is 25.2 Å². The lowest BCUT2D eigenvalue weighted by atomic mass is 9.90. The van der Waals surface area contributed by atoms with Gasteiger partial charge in [0.25, 0.3) is 5.91 Å². The average molecular weight is 446 g/mol. The minimum atomic E-state index is -0.655. The first-order valence-electron chi connectivity index (χ1n) is 9.93. The van der Waals surface area contributed by atoms with Crippen molar-refractivity contribution in [1.82, 2.24) is 15.2 Å². The van der Waals surface area contributed by atoms with E-state index in [4.69, 9.17) is 11.6 Å². The van der Waals surface area contributed by atoms with E-state index in [9.17, 15) is 19.5 Å². The molecule has 0 spiro atoms. The van der Waals surface area contributed by atoms with E-state index < -0.39 is 11.9 Å². The Balaban J connectivity index is 1.54. The summed E-state index contributed by atoms with van der Waals surface area (Å²) in [7, 11) is 1.22. The Kier molecular flexibility index (Phi) is 7.46. The van der Waals surface area contributed by atoms with Crippen LogP contribution in [-0.2, 0) is 20.7 Å². The molecule has 0 unspecified atom stereocenters. The van der Waals surface area contributed by atoms with Crippen LogP contribution in [0.4, 0.5) is 0 Å². The second-order valence-electron chi connectivity index (χ2n) is 7.35. The first-order valence-corrected chi connectivity index (χ1v) is 10.3. The van der Waals surface area contributed by atoms with Crippen LogP contribution in [0.5, 0.6) is 5.75 Å². The van der Waals surface area contributed by atoms with Gasteiger partial charge in [0.05, 0.1) is 13.5 Å². The molecule has 164 valence electrons. The van der Waals surface area contributed by atoms with Gasteiger partial charge >= 0.3 is 5.97 Å². The van der Waals surface area contributed by atoms with Crippen LogP contribution >= 0.6 is 11.6 Å². The van der Waals surface area contributed by atoms with Gasteiger partial charge in [-0.25, -0.2) is 4.98 Å². The standard InChI is InChI=1S/C22H24ClN3O5/c1-31-20(29)13-25-22(30)21-18(27)11-16(12-24-21)15-6-8-26(9-7-15)19(28)10-14-2-4-17(23)5-3-14/h2-5,11-12,15,27H,6-10,13H2,1H3,(H,25,30). The number of likely N-dealkylation sites (tertiary alicyclic amines) is 1. The number of ether oxygens (including phenoxy) is 1. The van der Waals surface area contributed by atoms with Crippen molar-refractivity contribution in [3.8, 4) is 5.75 Å². The first-order chi connectivity index (χ1) is 14.9. The number of amides is 2. The largest absolute Gasteiger partial charge is 0.505 e. The lowest BCUT2D eigenvalue weighted by Crippen LogP contribution is -2.38. The molecule has 1 aromatic carbocycles. The Morgan fingerprint density at radius 3 is 2.52 bits per heavy atom. The van der Waals surface area contributed by atoms with E-state index >= 15 is 0 Å². The highest BCUT2D eigenvalue weighted by Crippen LogP contribution is 2.30. The quantitative estimate of drug-likeness (QED) is 0.660. The van der Waals surface area contributed by atoms with Gasteiger partial charge in [-0.05, 0) is 48.1 Å². The number of hydrogen-bond acceptors (Lipinski definition) is 6. The Bertz CT molecular complexity index is 956. The van der Waals surface area contributed by atoms with Crippen LogP contribution in [0.15, 0.2) is 36.5 Å². The SMILES string of the molecule is COC(=O)CNC(=O)c1ncc(C2CCN(C(=O)Cc3ccc(Cl)cc3)CC2)cc1O. The molecule has 1 aliphatic heterocycles. The van der Waals surface area contributed by atoms with Crippen LogP contribution in [-0.4, -0.2) is 59.5 Å². The summed E-state index contributed by atoms with van der Waals surface area (Å²) in [6, 6.07) is 8.77. The van der Waals surface area contributed by atoms with E-state index in [1.54, 1.807) is 18.3 Å². The molecular formula is C22H24ClN3O5. The number of halogens is 1. The van der Waals surface area contributed by atoms with Crippen molar-refractivity contribution in [1.29, 1.82) is 0 Å². The minimum Gasteiger partial charge on any atom is -0.505 e. The molecule has 3 rings (SSSR count). The lowest BCUT2D eigenvalue weighted by Gasteiger charge is -2.32. The van der Waals surface area contributed by atoms with Crippen LogP contribution in [0.2, 0.25) is 5.02 Å². The molecule has 8 nitrogen and oxygen atoms in total. The highest BCUT2D eigenvalue weighted by Gasteiger charge is 2.25. The van der Waals surface area contributed by atoms with Gasteiger partial charge in [-0.1, -0.05) is 23.7 Å². The van der Waals surface area contributed by atoms with Crippen molar-refractivity contribution in [3.63, 3.8) is 0 Å². The number of aromatic nitrogens is 1. The number of nitrogens with one attached hydrogen (secondary N) is 1. The molecule has 1 fully saturated rings. The molecule has 0 saturated carbocycles. The smallest absolute Gasteiger partial charge is 0.325 e. The molecule has 1 aliphatic rings. The highest BCUT2D eigenvalue weighted by atomic mass is 35.5. The van der Waals surface area contributed by atoms with Crippen LogP contribution in [0.3, 0.4) is 0 Å². The Hall–Kier alpha value is -3.13. The minimum absolute atomic E-state index is 0.0689. The second kappa shape index (κ2) is 10.3. The summed E-state index contributed by atoms with van der Waals surface area (Å²) in [5.74, 6) is -1.30. The fourth-order valence-corrected chi connectivity index (χ4v) is 3.65. The highest BCUT2D eigenvalue weighted by molar-refractivity contribution is 6.30.